The smallest absolute Gasteiger partial charge is 0.145 e. The first-order valence-electron chi connectivity index (χ1n) is 8.20. The molecule has 22 heavy (non-hydrogen) atoms. The van der Waals surface area contributed by atoms with Crippen molar-refractivity contribution in [2.24, 2.45) is 5.92 Å². The predicted octanol–water partition coefficient (Wildman–Crippen LogP) is 2.03. The highest BCUT2D eigenvalue weighted by Gasteiger charge is 2.19. The average Bonchev–Trinajstić information content (AvgIpc) is 2.54. The highest BCUT2D eigenvalue weighted by molar-refractivity contribution is 5.87. The van der Waals surface area contributed by atoms with Crippen molar-refractivity contribution in [3.63, 3.8) is 0 Å². The molecule has 5 nitrogen and oxygen atoms in total. The number of anilines is 1. The van der Waals surface area contributed by atoms with Crippen LogP contribution < -0.4 is 11.1 Å². The fourth-order valence-electron chi connectivity index (χ4n) is 3.12. The van der Waals surface area contributed by atoms with Crippen molar-refractivity contribution in [1.29, 1.82) is 0 Å². The molecule has 3 rings (SSSR count). The third kappa shape index (κ3) is 3.54. The summed E-state index contributed by atoms with van der Waals surface area (Å²) in [7, 11) is 0. The van der Waals surface area contributed by atoms with Gasteiger partial charge in [0.15, 0.2) is 0 Å². The number of aromatic nitrogens is 2. The second kappa shape index (κ2) is 7.03. The molecule has 2 aromatic rings. The lowest BCUT2D eigenvalue weighted by Gasteiger charge is -2.31. The summed E-state index contributed by atoms with van der Waals surface area (Å²) in [5.41, 5.74) is 7.00. The van der Waals surface area contributed by atoms with Gasteiger partial charge in [0.1, 0.15) is 11.6 Å². The van der Waals surface area contributed by atoms with Gasteiger partial charge in [0.05, 0.1) is 12.1 Å². The van der Waals surface area contributed by atoms with E-state index in [-0.39, 0.29) is 0 Å². The number of piperidine rings is 1. The van der Waals surface area contributed by atoms with Crippen LogP contribution in [-0.4, -0.2) is 41.0 Å². The molecule has 1 fully saturated rings. The van der Waals surface area contributed by atoms with Crippen molar-refractivity contribution in [1.82, 2.24) is 20.2 Å². The van der Waals surface area contributed by atoms with Crippen molar-refractivity contribution >= 4 is 16.7 Å². The Hall–Kier alpha value is -1.72. The molecule has 0 radical (unpaired) electrons. The molecular weight excluding hydrogens is 274 g/mol. The van der Waals surface area contributed by atoms with E-state index < -0.39 is 0 Å². The van der Waals surface area contributed by atoms with Crippen molar-refractivity contribution in [3.8, 4) is 0 Å². The van der Waals surface area contributed by atoms with Gasteiger partial charge in [0, 0.05) is 5.39 Å². The fraction of sp³-hybridized carbons (Fsp3) is 0.529. The number of hydrogen-bond donors (Lipinski definition) is 2. The SMILES string of the molecule is CCNCC1CCN(Cc2nc(N)c3ccccc3n2)CC1. The van der Waals surface area contributed by atoms with Crippen LogP contribution >= 0.6 is 0 Å². The van der Waals surface area contributed by atoms with Gasteiger partial charge >= 0.3 is 0 Å². The minimum absolute atomic E-state index is 0.586. The molecule has 1 aromatic heterocycles. The largest absolute Gasteiger partial charge is 0.383 e. The third-order valence-electron chi connectivity index (χ3n) is 4.43. The molecule has 3 N–H and O–H groups in total. The van der Waals surface area contributed by atoms with E-state index in [0.29, 0.717) is 5.82 Å². The topological polar surface area (TPSA) is 67.1 Å². The fourth-order valence-corrected chi connectivity index (χ4v) is 3.12. The zero-order chi connectivity index (χ0) is 15.4. The molecule has 2 heterocycles. The Bertz CT molecular complexity index is 619. The summed E-state index contributed by atoms with van der Waals surface area (Å²) >= 11 is 0. The maximum absolute atomic E-state index is 6.06. The lowest BCUT2D eigenvalue weighted by molar-refractivity contribution is 0.172. The van der Waals surface area contributed by atoms with Gasteiger partial charge in [-0.2, -0.15) is 0 Å². The van der Waals surface area contributed by atoms with Crippen molar-refractivity contribution < 1.29 is 0 Å². The van der Waals surface area contributed by atoms with Crippen LogP contribution in [0.1, 0.15) is 25.6 Å². The van der Waals surface area contributed by atoms with E-state index in [4.69, 9.17) is 5.73 Å². The average molecular weight is 299 g/mol. The minimum Gasteiger partial charge on any atom is -0.383 e. The van der Waals surface area contributed by atoms with Crippen LogP contribution in [0.4, 0.5) is 5.82 Å². The van der Waals surface area contributed by atoms with E-state index in [1.165, 1.54) is 12.8 Å². The first-order chi connectivity index (χ1) is 10.8. The number of nitrogens with two attached hydrogens (primary N) is 1. The van der Waals surface area contributed by atoms with E-state index in [9.17, 15) is 0 Å². The van der Waals surface area contributed by atoms with Crippen LogP contribution in [0.2, 0.25) is 0 Å². The number of nitrogen functional groups attached to an aromatic ring is 1. The number of likely N-dealkylation sites (tertiary alicyclic amines) is 1. The third-order valence-corrected chi connectivity index (χ3v) is 4.43. The van der Waals surface area contributed by atoms with E-state index >= 15 is 0 Å². The summed E-state index contributed by atoms with van der Waals surface area (Å²) in [5.74, 6) is 2.22. The second-order valence-corrected chi connectivity index (χ2v) is 6.07. The van der Waals surface area contributed by atoms with Crippen LogP contribution in [0.5, 0.6) is 0 Å². The molecule has 0 bridgehead atoms. The maximum atomic E-state index is 6.06. The molecule has 0 unspecified atom stereocenters. The number of benzene rings is 1. The van der Waals surface area contributed by atoms with Crippen LogP contribution in [-0.2, 0) is 6.54 Å². The van der Waals surface area contributed by atoms with Crippen LogP contribution in [0.25, 0.3) is 10.9 Å². The summed E-state index contributed by atoms with van der Waals surface area (Å²) in [6, 6.07) is 7.93. The zero-order valence-electron chi connectivity index (χ0n) is 13.3. The van der Waals surface area contributed by atoms with Crippen molar-refractivity contribution in [2.45, 2.75) is 26.3 Å². The van der Waals surface area contributed by atoms with Gasteiger partial charge in [0.25, 0.3) is 0 Å². The van der Waals surface area contributed by atoms with E-state index in [1.807, 2.05) is 24.3 Å². The quantitative estimate of drug-likeness (QED) is 0.884. The number of rotatable bonds is 5. The molecule has 0 saturated carbocycles. The molecule has 1 aliphatic heterocycles. The predicted molar refractivity (Wildman–Crippen MR) is 90.5 cm³/mol. The number of nitrogens with one attached hydrogen (secondary N) is 1. The Morgan fingerprint density at radius 1 is 1.23 bits per heavy atom. The summed E-state index contributed by atoms with van der Waals surface area (Å²) in [5, 5.41) is 4.39. The molecule has 0 atom stereocenters. The van der Waals surface area contributed by atoms with Crippen molar-refractivity contribution in [2.75, 3.05) is 31.9 Å². The second-order valence-electron chi connectivity index (χ2n) is 6.07. The Kier molecular flexibility index (Phi) is 4.85. The Labute approximate surface area is 131 Å². The van der Waals surface area contributed by atoms with Crippen LogP contribution in [0, 0.1) is 5.92 Å². The first kappa shape index (κ1) is 15.2. The highest BCUT2D eigenvalue weighted by atomic mass is 15.2. The lowest BCUT2D eigenvalue weighted by Crippen LogP contribution is -2.37. The number of nitrogens with zero attached hydrogens (tertiary/aromatic N) is 3. The summed E-state index contributed by atoms with van der Waals surface area (Å²) in [6.07, 6.45) is 2.49. The van der Waals surface area contributed by atoms with Gasteiger partial charge in [-0.1, -0.05) is 19.1 Å². The molecular formula is C17H25N5. The molecule has 118 valence electrons. The maximum Gasteiger partial charge on any atom is 0.145 e. The Balaban J connectivity index is 1.62. The molecule has 0 amide bonds. The van der Waals surface area contributed by atoms with Gasteiger partial charge in [-0.15, -0.1) is 0 Å². The van der Waals surface area contributed by atoms with Crippen molar-refractivity contribution in [3.05, 3.63) is 30.1 Å². The van der Waals surface area contributed by atoms with Gasteiger partial charge in [-0.05, 0) is 57.1 Å². The van der Waals surface area contributed by atoms with Gasteiger partial charge in [-0.3, -0.25) is 4.90 Å². The summed E-state index contributed by atoms with van der Waals surface area (Å²) in [4.78, 5) is 11.6. The number of hydrogen-bond acceptors (Lipinski definition) is 5. The molecule has 1 saturated heterocycles. The van der Waals surface area contributed by atoms with E-state index in [1.54, 1.807) is 0 Å². The highest BCUT2D eigenvalue weighted by Crippen LogP contribution is 2.20. The molecule has 0 aliphatic carbocycles. The van der Waals surface area contributed by atoms with Gasteiger partial charge < -0.3 is 11.1 Å². The van der Waals surface area contributed by atoms with E-state index in [2.05, 4.69) is 27.1 Å². The Morgan fingerprint density at radius 2 is 2.00 bits per heavy atom. The molecule has 1 aromatic carbocycles. The van der Waals surface area contributed by atoms with E-state index in [0.717, 1.165) is 55.4 Å². The minimum atomic E-state index is 0.586. The Morgan fingerprint density at radius 3 is 2.77 bits per heavy atom. The number of para-hydroxylation sites is 1. The standard InChI is InChI=1S/C17H25N5/c1-2-19-11-13-7-9-22(10-8-13)12-16-20-15-6-4-3-5-14(15)17(18)21-16/h3-6,13,19H,2,7-12H2,1H3,(H2,18,20,21). The van der Waals surface area contributed by atoms with Gasteiger partial charge in [-0.25, -0.2) is 9.97 Å². The summed E-state index contributed by atoms with van der Waals surface area (Å²) in [6.45, 7) is 7.39. The van der Waals surface area contributed by atoms with Crippen LogP contribution in [0.3, 0.4) is 0 Å². The molecule has 5 heteroatoms. The monoisotopic (exact) mass is 299 g/mol. The molecule has 1 aliphatic rings. The number of fused-ring (bicyclic) bond motifs is 1. The lowest BCUT2D eigenvalue weighted by atomic mass is 9.97. The normalized spacial score (nSPS) is 17.1. The van der Waals surface area contributed by atoms with Crippen LogP contribution in [0.15, 0.2) is 24.3 Å². The first-order valence-corrected chi connectivity index (χ1v) is 8.20. The molecule has 0 spiro atoms. The van der Waals surface area contributed by atoms with Gasteiger partial charge in [0.2, 0.25) is 0 Å². The summed E-state index contributed by atoms with van der Waals surface area (Å²) < 4.78 is 0. The zero-order valence-corrected chi connectivity index (χ0v) is 13.3.